The van der Waals surface area contributed by atoms with Crippen molar-refractivity contribution in [2.24, 2.45) is 0 Å². The molecule has 2 N–H and O–H groups in total. The van der Waals surface area contributed by atoms with Gasteiger partial charge in [0.15, 0.2) is 0 Å². The standard InChI is InChI=1S/C19H20ClFN2O/c20-16-6-4-7-17(21)18(16)19(24)23-15-9-8-14-12-22-10-3-1-2-5-13(14)11-15/h4,6-9,11,22H,1-3,5,10,12H2,(H,23,24). The predicted octanol–water partition coefficient (Wildman–Crippen LogP) is 4.55. The molecule has 0 saturated heterocycles. The molecule has 0 unspecified atom stereocenters. The molecule has 0 radical (unpaired) electrons. The van der Waals surface area contributed by atoms with Crippen LogP contribution in [0, 0.1) is 5.82 Å². The van der Waals surface area contributed by atoms with Gasteiger partial charge in [0, 0.05) is 12.2 Å². The number of carbonyl (C=O) groups excluding carboxylic acids is 1. The van der Waals surface area contributed by atoms with Crippen LogP contribution >= 0.6 is 11.6 Å². The van der Waals surface area contributed by atoms with E-state index in [0.717, 1.165) is 25.9 Å². The van der Waals surface area contributed by atoms with Gasteiger partial charge in [-0.05, 0) is 61.2 Å². The topological polar surface area (TPSA) is 41.1 Å². The third-order valence-electron chi connectivity index (χ3n) is 4.27. The number of carbonyl (C=O) groups is 1. The molecule has 3 nitrogen and oxygen atoms in total. The predicted molar refractivity (Wildman–Crippen MR) is 95.1 cm³/mol. The Hall–Kier alpha value is -1.91. The van der Waals surface area contributed by atoms with Crippen LogP contribution in [0.3, 0.4) is 0 Å². The van der Waals surface area contributed by atoms with Crippen molar-refractivity contribution in [3.63, 3.8) is 0 Å². The maximum atomic E-state index is 13.9. The molecule has 3 rings (SSSR count). The molecule has 1 aliphatic heterocycles. The van der Waals surface area contributed by atoms with E-state index in [1.165, 1.54) is 42.2 Å². The Kier molecular flexibility index (Phi) is 5.48. The molecule has 0 atom stereocenters. The van der Waals surface area contributed by atoms with Crippen molar-refractivity contribution in [3.8, 4) is 0 Å². The molecule has 0 spiro atoms. The molecule has 1 amide bonds. The van der Waals surface area contributed by atoms with Gasteiger partial charge in [-0.2, -0.15) is 0 Å². The van der Waals surface area contributed by atoms with E-state index < -0.39 is 11.7 Å². The summed E-state index contributed by atoms with van der Waals surface area (Å²) in [5.41, 5.74) is 3.02. The zero-order valence-electron chi connectivity index (χ0n) is 13.4. The van der Waals surface area contributed by atoms with Crippen molar-refractivity contribution < 1.29 is 9.18 Å². The fourth-order valence-electron chi connectivity index (χ4n) is 2.98. The van der Waals surface area contributed by atoms with Gasteiger partial charge in [-0.3, -0.25) is 4.79 Å². The Morgan fingerprint density at radius 2 is 2.00 bits per heavy atom. The average Bonchev–Trinajstić information content (AvgIpc) is 2.66. The van der Waals surface area contributed by atoms with Crippen molar-refractivity contribution in [1.82, 2.24) is 5.32 Å². The fraction of sp³-hybridized carbons (Fsp3) is 0.316. The van der Waals surface area contributed by atoms with Crippen molar-refractivity contribution in [3.05, 3.63) is 63.9 Å². The summed E-state index contributed by atoms with van der Waals surface area (Å²) in [6, 6.07) is 10.1. The molecular formula is C19H20ClFN2O. The van der Waals surface area contributed by atoms with Gasteiger partial charge >= 0.3 is 0 Å². The van der Waals surface area contributed by atoms with E-state index in [4.69, 9.17) is 11.6 Å². The van der Waals surface area contributed by atoms with E-state index in [1.807, 2.05) is 18.2 Å². The van der Waals surface area contributed by atoms with Crippen molar-refractivity contribution in [2.45, 2.75) is 32.2 Å². The van der Waals surface area contributed by atoms with E-state index in [1.54, 1.807) is 0 Å². The Morgan fingerprint density at radius 3 is 2.83 bits per heavy atom. The van der Waals surface area contributed by atoms with Crippen LogP contribution in [0.15, 0.2) is 36.4 Å². The van der Waals surface area contributed by atoms with Gasteiger partial charge in [0.25, 0.3) is 5.91 Å². The summed E-state index contributed by atoms with van der Waals surface area (Å²) in [6.07, 6.45) is 4.49. The van der Waals surface area contributed by atoms with Crippen LogP contribution in [-0.4, -0.2) is 12.5 Å². The largest absolute Gasteiger partial charge is 0.322 e. The van der Waals surface area contributed by atoms with E-state index in [0.29, 0.717) is 5.69 Å². The molecule has 0 saturated carbocycles. The quantitative estimate of drug-likeness (QED) is 0.837. The van der Waals surface area contributed by atoms with Crippen LogP contribution in [0.25, 0.3) is 0 Å². The monoisotopic (exact) mass is 346 g/mol. The third-order valence-corrected chi connectivity index (χ3v) is 4.58. The molecule has 0 aliphatic carbocycles. The summed E-state index contributed by atoms with van der Waals surface area (Å²) >= 11 is 5.95. The van der Waals surface area contributed by atoms with Crippen molar-refractivity contribution >= 4 is 23.2 Å². The summed E-state index contributed by atoms with van der Waals surface area (Å²) in [6.45, 7) is 1.87. The van der Waals surface area contributed by atoms with Crippen LogP contribution in [0.4, 0.5) is 10.1 Å². The van der Waals surface area contributed by atoms with Gasteiger partial charge < -0.3 is 10.6 Å². The minimum Gasteiger partial charge on any atom is -0.322 e. The molecule has 2 aromatic rings. The Bertz CT molecular complexity index is 728. The average molecular weight is 347 g/mol. The summed E-state index contributed by atoms with van der Waals surface area (Å²) in [5, 5.41) is 6.30. The normalized spacial score (nSPS) is 14.9. The highest BCUT2D eigenvalue weighted by atomic mass is 35.5. The van der Waals surface area contributed by atoms with Crippen LogP contribution in [0.1, 0.15) is 40.7 Å². The maximum absolute atomic E-state index is 13.9. The molecule has 2 aromatic carbocycles. The zero-order chi connectivity index (χ0) is 16.9. The maximum Gasteiger partial charge on any atom is 0.260 e. The van der Waals surface area contributed by atoms with Gasteiger partial charge in [0.2, 0.25) is 0 Å². The highest BCUT2D eigenvalue weighted by Crippen LogP contribution is 2.23. The molecule has 5 heteroatoms. The lowest BCUT2D eigenvalue weighted by Gasteiger charge is -2.13. The highest BCUT2D eigenvalue weighted by molar-refractivity contribution is 6.34. The number of amides is 1. The van der Waals surface area contributed by atoms with E-state index in [2.05, 4.69) is 10.6 Å². The van der Waals surface area contributed by atoms with E-state index >= 15 is 0 Å². The number of fused-ring (bicyclic) bond motifs is 1. The zero-order valence-corrected chi connectivity index (χ0v) is 14.1. The first kappa shape index (κ1) is 16.9. The second-order valence-electron chi connectivity index (χ2n) is 6.02. The molecule has 1 heterocycles. The molecule has 126 valence electrons. The van der Waals surface area contributed by atoms with Gasteiger partial charge in [0.05, 0.1) is 10.6 Å². The first-order chi connectivity index (χ1) is 11.6. The third kappa shape index (κ3) is 3.94. The van der Waals surface area contributed by atoms with Gasteiger partial charge in [0.1, 0.15) is 5.82 Å². The number of hydrogen-bond donors (Lipinski definition) is 2. The molecule has 0 fully saturated rings. The number of halogens is 2. The SMILES string of the molecule is O=C(Nc1ccc2c(c1)CCCCCNC2)c1c(F)cccc1Cl. The second kappa shape index (κ2) is 7.77. The molecule has 1 aliphatic rings. The minimum atomic E-state index is -0.619. The number of aryl methyl sites for hydroxylation is 1. The Morgan fingerprint density at radius 1 is 1.12 bits per heavy atom. The number of nitrogens with one attached hydrogen (secondary N) is 2. The van der Waals surface area contributed by atoms with E-state index in [9.17, 15) is 9.18 Å². The van der Waals surface area contributed by atoms with Gasteiger partial charge in [-0.25, -0.2) is 4.39 Å². The fourth-order valence-corrected chi connectivity index (χ4v) is 3.23. The van der Waals surface area contributed by atoms with Crippen LogP contribution in [0.2, 0.25) is 5.02 Å². The smallest absolute Gasteiger partial charge is 0.260 e. The second-order valence-corrected chi connectivity index (χ2v) is 6.43. The van der Waals surface area contributed by atoms with Crippen LogP contribution < -0.4 is 10.6 Å². The number of hydrogen-bond acceptors (Lipinski definition) is 2. The van der Waals surface area contributed by atoms with Gasteiger partial charge in [-0.15, -0.1) is 0 Å². The summed E-state index contributed by atoms with van der Waals surface area (Å²) in [5.74, 6) is -1.15. The number of benzene rings is 2. The van der Waals surface area contributed by atoms with Crippen LogP contribution in [0.5, 0.6) is 0 Å². The van der Waals surface area contributed by atoms with Gasteiger partial charge in [-0.1, -0.05) is 30.2 Å². The van der Waals surface area contributed by atoms with Crippen LogP contribution in [-0.2, 0) is 13.0 Å². The molecule has 0 bridgehead atoms. The Labute approximate surface area is 146 Å². The number of rotatable bonds is 2. The summed E-state index contributed by atoms with van der Waals surface area (Å²) in [4.78, 5) is 12.4. The lowest BCUT2D eigenvalue weighted by Crippen LogP contribution is -2.16. The molecular weight excluding hydrogens is 327 g/mol. The molecule has 0 aromatic heterocycles. The van der Waals surface area contributed by atoms with Crippen molar-refractivity contribution in [2.75, 3.05) is 11.9 Å². The summed E-state index contributed by atoms with van der Waals surface area (Å²) in [7, 11) is 0. The first-order valence-corrected chi connectivity index (χ1v) is 8.61. The van der Waals surface area contributed by atoms with Crippen molar-refractivity contribution in [1.29, 1.82) is 0 Å². The molecule has 24 heavy (non-hydrogen) atoms. The lowest BCUT2D eigenvalue weighted by molar-refractivity contribution is 0.102. The first-order valence-electron chi connectivity index (χ1n) is 8.23. The lowest BCUT2D eigenvalue weighted by atomic mass is 10.0. The van der Waals surface area contributed by atoms with E-state index in [-0.39, 0.29) is 10.6 Å². The number of anilines is 1. The Balaban J connectivity index is 1.81. The summed E-state index contributed by atoms with van der Waals surface area (Å²) < 4.78 is 13.9. The highest BCUT2D eigenvalue weighted by Gasteiger charge is 2.16. The minimum absolute atomic E-state index is 0.111.